The molecule has 0 fully saturated rings. The van der Waals surface area contributed by atoms with Crippen molar-refractivity contribution in [3.8, 4) is 0 Å². The van der Waals surface area contributed by atoms with Crippen molar-refractivity contribution in [2.75, 3.05) is 27.4 Å². The van der Waals surface area contributed by atoms with E-state index in [-0.39, 0.29) is 36.1 Å². The van der Waals surface area contributed by atoms with Gasteiger partial charge in [0.25, 0.3) is 0 Å². The number of amides is 2. The van der Waals surface area contributed by atoms with Gasteiger partial charge in [-0.25, -0.2) is 4.79 Å². The van der Waals surface area contributed by atoms with E-state index in [1.165, 1.54) is 4.90 Å². The lowest BCUT2D eigenvalue weighted by Gasteiger charge is -2.25. The van der Waals surface area contributed by atoms with E-state index in [4.69, 9.17) is 4.74 Å². The van der Waals surface area contributed by atoms with Crippen molar-refractivity contribution in [1.29, 1.82) is 0 Å². The number of ether oxygens (including phenoxy) is 1. The first kappa shape index (κ1) is 21.9. The topological polar surface area (TPSA) is 70.7 Å². The van der Waals surface area contributed by atoms with E-state index in [1.54, 1.807) is 7.05 Å². The average Bonchev–Trinajstić information content (AvgIpc) is 2.46. The van der Waals surface area contributed by atoms with E-state index < -0.39 is 0 Å². The summed E-state index contributed by atoms with van der Waals surface area (Å²) in [6.07, 6.45) is 2.54. The highest BCUT2D eigenvalue weighted by atomic mass is 16.5. The number of rotatable bonds is 10. The average molecular weight is 329 g/mol. The normalized spacial score (nSPS) is 13.0. The molecule has 136 valence electrons. The van der Waals surface area contributed by atoms with E-state index in [2.05, 4.69) is 10.6 Å². The fourth-order valence-electron chi connectivity index (χ4n) is 1.98. The molecule has 0 aliphatic heterocycles. The van der Waals surface area contributed by atoms with Gasteiger partial charge in [-0.15, -0.1) is 0 Å². The molecule has 0 saturated carbocycles. The van der Waals surface area contributed by atoms with E-state index in [1.807, 2.05) is 41.7 Å². The lowest BCUT2D eigenvalue weighted by atomic mass is 9.97. The third-order valence-corrected chi connectivity index (χ3v) is 3.49. The zero-order valence-corrected chi connectivity index (χ0v) is 15.9. The number of carbonyl (C=O) groups is 2. The molecule has 0 aliphatic carbocycles. The first-order valence-electron chi connectivity index (χ1n) is 8.42. The lowest BCUT2D eigenvalue weighted by molar-refractivity contribution is -0.124. The Bertz CT molecular complexity index is 365. The van der Waals surface area contributed by atoms with Gasteiger partial charge in [-0.05, 0) is 47.1 Å². The van der Waals surface area contributed by atoms with Crippen molar-refractivity contribution in [2.24, 2.45) is 5.92 Å². The second-order valence-electron chi connectivity index (χ2n) is 7.21. The molecule has 0 spiro atoms. The maximum Gasteiger partial charge on any atom is 0.318 e. The third kappa shape index (κ3) is 10.3. The molecule has 0 aromatic carbocycles. The predicted octanol–water partition coefficient (Wildman–Crippen LogP) is 2.38. The van der Waals surface area contributed by atoms with Crippen LogP contribution in [0.1, 0.15) is 53.9 Å². The van der Waals surface area contributed by atoms with E-state index >= 15 is 0 Å². The smallest absolute Gasteiger partial charge is 0.318 e. The standard InChI is InChI=1S/C17H35N3O3/c1-13(2)15(21)14(18-6)10-8-9-11-19-16(22)20(7)12-23-17(3,4)5/h13-14,18H,8-12H2,1-7H3,(H,19,22). The van der Waals surface area contributed by atoms with Crippen LogP contribution in [-0.2, 0) is 9.53 Å². The quantitative estimate of drug-likeness (QED) is 0.477. The fraction of sp³-hybridized carbons (Fsp3) is 0.882. The van der Waals surface area contributed by atoms with Crippen LogP contribution < -0.4 is 10.6 Å². The summed E-state index contributed by atoms with van der Waals surface area (Å²) in [5.74, 6) is 0.291. The molecule has 0 radical (unpaired) electrons. The molecule has 0 saturated heterocycles. The van der Waals surface area contributed by atoms with Crippen LogP contribution in [0.15, 0.2) is 0 Å². The van der Waals surface area contributed by atoms with E-state index in [0.717, 1.165) is 19.3 Å². The fourth-order valence-corrected chi connectivity index (χ4v) is 1.98. The van der Waals surface area contributed by atoms with Crippen molar-refractivity contribution in [3.05, 3.63) is 0 Å². The number of carbonyl (C=O) groups excluding carboxylic acids is 2. The number of nitrogens with one attached hydrogen (secondary N) is 2. The van der Waals surface area contributed by atoms with Crippen molar-refractivity contribution < 1.29 is 14.3 Å². The Morgan fingerprint density at radius 1 is 1.17 bits per heavy atom. The first-order chi connectivity index (χ1) is 10.6. The monoisotopic (exact) mass is 329 g/mol. The minimum atomic E-state index is -0.264. The molecule has 6 nitrogen and oxygen atoms in total. The minimum Gasteiger partial charge on any atom is -0.355 e. The van der Waals surface area contributed by atoms with Crippen LogP contribution in [0.3, 0.4) is 0 Å². The zero-order chi connectivity index (χ0) is 18.0. The lowest BCUT2D eigenvalue weighted by Crippen LogP contribution is -2.41. The highest BCUT2D eigenvalue weighted by Crippen LogP contribution is 2.08. The Balaban J connectivity index is 3.90. The molecule has 0 rings (SSSR count). The number of hydrogen-bond donors (Lipinski definition) is 2. The van der Waals surface area contributed by atoms with Crippen LogP contribution >= 0.6 is 0 Å². The van der Waals surface area contributed by atoms with Crippen LogP contribution in [0, 0.1) is 5.92 Å². The number of hydrogen-bond acceptors (Lipinski definition) is 4. The molecule has 2 amide bonds. The van der Waals surface area contributed by atoms with Gasteiger partial charge in [0, 0.05) is 19.5 Å². The van der Waals surface area contributed by atoms with Crippen molar-refractivity contribution in [1.82, 2.24) is 15.5 Å². The maximum absolute atomic E-state index is 11.9. The second-order valence-corrected chi connectivity index (χ2v) is 7.21. The number of likely N-dealkylation sites (N-methyl/N-ethyl adjacent to an activating group) is 1. The van der Waals surface area contributed by atoms with Crippen molar-refractivity contribution in [2.45, 2.75) is 65.5 Å². The van der Waals surface area contributed by atoms with E-state index in [0.29, 0.717) is 6.54 Å². The summed E-state index contributed by atoms with van der Waals surface area (Å²) >= 11 is 0. The SMILES string of the molecule is CNC(CCCCNC(=O)N(C)COC(C)(C)C)C(=O)C(C)C. The molecule has 0 aromatic rings. The largest absolute Gasteiger partial charge is 0.355 e. The van der Waals surface area contributed by atoms with Crippen molar-refractivity contribution in [3.63, 3.8) is 0 Å². The number of Topliss-reactive ketones (excluding diaryl/α,β-unsaturated/α-hetero) is 1. The van der Waals surface area contributed by atoms with Gasteiger partial charge in [0.1, 0.15) is 6.73 Å². The highest BCUT2D eigenvalue weighted by molar-refractivity contribution is 5.85. The number of nitrogens with zero attached hydrogens (tertiary/aromatic N) is 1. The van der Waals surface area contributed by atoms with Crippen LogP contribution in [0.4, 0.5) is 4.79 Å². The first-order valence-corrected chi connectivity index (χ1v) is 8.42. The highest BCUT2D eigenvalue weighted by Gasteiger charge is 2.19. The summed E-state index contributed by atoms with van der Waals surface area (Å²) in [5, 5.41) is 5.93. The molecule has 1 unspecified atom stereocenters. The molecule has 1 atom stereocenters. The summed E-state index contributed by atoms with van der Waals surface area (Å²) in [5.41, 5.74) is -0.264. The summed E-state index contributed by atoms with van der Waals surface area (Å²) < 4.78 is 5.55. The van der Waals surface area contributed by atoms with Crippen LogP contribution in [0.2, 0.25) is 0 Å². The summed E-state index contributed by atoms with van der Waals surface area (Å²) in [7, 11) is 3.52. The van der Waals surface area contributed by atoms with E-state index in [9.17, 15) is 9.59 Å². The molecule has 0 bridgehead atoms. The molecule has 6 heteroatoms. The molecule has 0 aliphatic rings. The molecule has 0 aromatic heterocycles. The third-order valence-electron chi connectivity index (χ3n) is 3.49. The number of unbranched alkanes of at least 4 members (excludes halogenated alkanes) is 1. The Labute approximate surface area is 141 Å². The predicted molar refractivity (Wildman–Crippen MR) is 93.4 cm³/mol. The summed E-state index contributed by atoms with van der Waals surface area (Å²) in [6, 6.07) is -0.230. The van der Waals surface area contributed by atoms with Gasteiger partial charge in [0.05, 0.1) is 11.6 Å². The van der Waals surface area contributed by atoms with Gasteiger partial charge in [0.2, 0.25) is 0 Å². The van der Waals surface area contributed by atoms with Gasteiger partial charge in [-0.3, -0.25) is 4.79 Å². The Kier molecular flexibility index (Phi) is 10.1. The molecular formula is C17H35N3O3. The Morgan fingerprint density at radius 3 is 2.26 bits per heavy atom. The van der Waals surface area contributed by atoms with Gasteiger partial charge >= 0.3 is 6.03 Å². The van der Waals surface area contributed by atoms with Gasteiger partial charge in [-0.1, -0.05) is 13.8 Å². The van der Waals surface area contributed by atoms with Gasteiger partial charge in [-0.2, -0.15) is 0 Å². The zero-order valence-electron chi connectivity index (χ0n) is 15.9. The van der Waals surface area contributed by atoms with Gasteiger partial charge < -0.3 is 20.3 Å². The molecule has 0 heterocycles. The molecule has 23 heavy (non-hydrogen) atoms. The molecule has 2 N–H and O–H groups in total. The van der Waals surface area contributed by atoms with Crippen LogP contribution in [0.25, 0.3) is 0 Å². The van der Waals surface area contributed by atoms with Crippen LogP contribution in [-0.4, -0.2) is 55.7 Å². The minimum absolute atomic E-state index is 0.0450. The second kappa shape index (κ2) is 10.6. The number of urea groups is 1. The number of ketones is 1. The van der Waals surface area contributed by atoms with Crippen LogP contribution in [0.5, 0.6) is 0 Å². The Hall–Kier alpha value is -1.14. The Morgan fingerprint density at radius 2 is 1.78 bits per heavy atom. The summed E-state index contributed by atoms with van der Waals surface area (Å²) in [6.45, 7) is 10.6. The van der Waals surface area contributed by atoms with Crippen molar-refractivity contribution >= 4 is 11.8 Å². The summed E-state index contributed by atoms with van der Waals surface area (Å²) in [4.78, 5) is 25.3. The maximum atomic E-state index is 11.9. The van der Waals surface area contributed by atoms with Gasteiger partial charge in [0.15, 0.2) is 5.78 Å². The molecular weight excluding hydrogens is 294 g/mol.